The zero-order valence-corrected chi connectivity index (χ0v) is 14.6. The van der Waals surface area contributed by atoms with Gasteiger partial charge in [0, 0.05) is 23.4 Å². The normalized spacial score (nSPS) is 12.5. The first-order chi connectivity index (χ1) is 11.2. The van der Waals surface area contributed by atoms with E-state index in [1.165, 1.54) is 6.26 Å². The summed E-state index contributed by atoms with van der Waals surface area (Å²) >= 11 is 0. The third kappa shape index (κ3) is 2.76. The second kappa shape index (κ2) is 5.60. The quantitative estimate of drug-likeness (QED) is 0.785. The van der Waals surface area contributed by atoms with Crippen molar-refractivity contribution in [3.63, 3.8) is 0 Å². The highest BCUT2D eigenvalue weighted by atomic mass is 32.2. The van der Waals surface area contributed by atoms with Gasteiger partial charge >= 0.3 is 0 Å². The minimum absolute atomic E-state index is 0.157. The Morgan fingerprint density at radius 2 is 1.79 bits per heavy atom. The molecule has 0 fully saturated rings. The molecule has 0 radical (unpaired) electrons. The first-order valence-corrected chi connectivity index (χ1v) is 9.47. The van der Waals surface area contributed by atoms with Crippen LogP contribution in [0.5, 0.6) is 5.75 Å². The molecule has 0 saturated heterocycles. The monoisotopic (exact) mass is 341 g/mol. The van der Waals surface area contributed by atoms with Gasteiger partial charge in [0.25, 0.3) is 0 Å². The minimum Gasteiger partial charge on any atom is -0.508 e. The summed E-state index contributed by atoms with van der Waals surface area (Å²) in [6.07, 6.45) is 2.95. The average molecular weight is 341 g/mol. The number of hydrogen-bond donors (Lipinski definition) is 1. The van der Waals surface area contributed by atoms with Crippen LogP contribution in [0, 0.1) is 0 Å². The molecule has 2 aromatic carbocycles. The highest BCUT2D eigenvalue weighted by Crippen LogP contribution is 2.36. The Kier molecular flexibility index (Phi) is 3.84. The summed E-state index contributed by atoms with van der Waals surface area (Å²) < 4.78 is 23.4. The fourth-order valence-corrected chi connectivity index (χ4v) is 3.19. The Labute approximate surface area is 141 Å². The van der Waals surface area contributed by atoms with Gasteiger partial charge in [-0.1, -0.05) is 18.2 Å². The van der Waals surface area contributed by atoms with Crippen LogP contribution in [0.1, 0.15) is 19.4 Å². The number of sulfone groups is 1. The lowest BCUT2D eigenvalue weighted by Gasteiger charge is -2.24. The van der Waals surface area contributed by atoms with Gasteiger partial charge in [0.15, 0.2) is 9.84 Å². The maximum atomic E-state index is 12.2. The van der Waals surface area contributed by atoms with E-state index in [0.29, 0.717) is 5.56 Å². The van der Waals surface area contributed by atoms with Crippen LogP contribution in [0.25, 0.3) is 22.0 Å². The van der Waals surface area contributed by atoms with Crippen molar-refractivity contribution >= 4 is 20.7 Å². The third-order valence-corrected chi connectivity index (χ3v) is 6.57. The van der Waals surface area contributed by atoms with Gasteiger partial charge in [-0.2, -0.15) is 0 Å². The Morgan fingerprint density at radius 1 is 1.04 bits per heavy atom. The second-order valence-electron chi connectivity index (χ2n) is 6.43. The van der Waals surface area contributed by atoms with Gasteiger partial charge in [-0.05, 0) is 55.3 Å². The fourth-order valence-electron chi connectivity index (χ4n) is 2.65. The molecule has 0 unspecified atom stereocenters. The number of benzene rings is 2. The highest BCUT2D eigenvalue weighted by Gasteiger charge is 2.33. The van der Waals surface area contributed by atoms with Crippen molar-refractivity contribution in [1.29, 1.82) is 0 Å². The van der Waals surface area contributed by atoms with Gasteiger partial charge in [0.2, 0.25) is 0 Å². The molecule has 4 nitrogen and oxygen atoms in total. The van der Waals surface area contributed by atoms with Crippen molar-refractivity contribution in [3.8, 4) is 16.9 Å². The van der Waals surface area contributed by atoms with Crippen LogP contribution in [0.4, 0.5) is 0 Å². The molecule has 0 aliphatic rings. The molecule has 0 saturated carbocycles. The van der Waals surface area contributed by atoms with Crippen LogP contribution in [0.3, 0.4) is 0 Å². The molecule has 0 spiro atoms. The first kappa shape index (κ1) is 16.5. The van der Waals surface area contributed by atoms with Gasteiger partial charge in [0.05, 0.1) is 10.3 Å². The summed E-state index contributed by atoms with van der Waals surface area (Å²) in [6.45, 7) is 3.40. The van der Waals surface area contributed by atoms with E-state index in [9.17, 15) is 13.5 Å². The second-order valence-corrected chi connectivity index (χ2v) is 9.00. The molecule has 0 amide bonds. The van der Waals surface area contributed by atoms with Crippen molar-refractivity contribution < 1.29 is 13.5 Å². The number of aromatic hydroxyl groups is 1. The number of pyridine rings is 1. The van der Waals surface area contributed by atoms with Gasteiger partial charge in [-0.15, -0.1) is 0 Å². The lowest BCUT2D eigenvalue weighted by molar-refractivity contribution is 0.475. The average Bonchev–Trinajstić information content (AvgIpc) is 2.52. The molecule has 1 N–H and O–H groups in total. The molecule has 0 aliphatic carbocycles. The number of aromatic nitrogens is 1. The lowest BCUT2D eigenvalue weighted by Crippen LogP contribution is -2.28. The molecular formula is C19H19NO3S. The standard InChI is InChI=1S/C19H19NO3S/c1-19(2,24(3,22)23)15-10-14-7-5-9-20-18(14)17(12-15)13-6-4-8-16(21)11-13/h4-12,21H,1-3H3. The Balaban J connectivity index is 2.37. The van der Waals surface area contributed by atoms with E-state index in [1.54, 1.807) is 38.2 Å². The first-order valence-electron chi connectivity index (χ1n) is 7.58. The Hall–Kier alpha value is -2.40. The number of rotatable bonds is 3. The fraction of sp³-hybridized carbons (Fsp3) is 0.211. The SMILES string of the molecule is CC(C)(c1cc(-c2cccc(O)c2)c2ncccc2c1)S(C)(=O)=O. The summed E-state index contributed by atoms with van der Waals surface area (Å²) in [5.41, 5.74) is 3.07. The van der Waals surface area contributed by atoms with Crippen LogP contribution >= 0.6 is 0 Å². The molecule has 0 bridgehead atoms. The van der Waals surface area contributed by atoms with E-state index in [1.807, 2.05) is 30.3 Å². The lowest BCUT2D eigenvalue weighted by atomic mass is 9.93. The molecule has 1 aromatic heterocycles. The van der Waals surface area contributed by atoms with Gasteiger partial charge < -0.3 is 5.11 Å². The number of nitrogens with zero attached hydrogens (tertiary/aromatic N) is 1. The van der Waals surface area contributed by atoms with Gasteiger partial charge in [-0.3, -0.25) is 4.98 Å². The summed E-state index contributed by atoms with van der Waals surface area (Å²) in [6, 6.07) is 14.3. The number of phenolic OH excluding ortho intramolecular Hbond substituents is 1. The van der Waals surface area contributed by atoms with E-state index in [2.05, 4.69) is 4.98 Å². The van der Waals surface area contributed by atoms with E-state index in [-0.39, 0.29) is 5.75 Å². The summed E-state index contributed by atoms with van der Waals surface area (Å²) in [4.78, 5) is 4.44. The van der Waals surface area contributed by atoms with E-state index in [4.69, 9.17) is 0 Å². The van der Waals surface area contributed by atoms with Gasteiger partial charge in [-0.25, -0.2) is 8.42 Å². The van der Waals surface area contributed by atoms with Gasteiger partial charge in [0.1, 0.15) is 5.75 Å². The van der Waals surface area contributed by atoms with Crippen molar-refractivity contribution in [2.24, 2.45) is 0 Å². The molecule has 1 heterocycles. The third-order valence-electron chi connectivity index (χ3n) is 4.48. The number of phenols is 1. The van der Waals surface area contributed by atoms with Crippen LogP contribution in [0.2, 0.25) is 0 Å². The van der Waals surface area contributed by atoms with Crippen LogP contribution in [0.15, 0.2) is 54.7 Å². The predicted octanol–water partition coefficient (Wildman–Crippen LogP) is 3.89. The van der Waals surface area contributed by atoms with Crippen molar-refractivity contribution in [3.05, 3.63) is 60.3 Å². The number of fused-ring (bicyclic) bond motifs is 1. The molecule has 3 rings (SSSR count). The molecule has 24 heavy (non-hydrogen) atoms. The summed E-state index contributed by atoms with van der Waals surface area (Å²) in [5, 5.41) is 10.7. The molecular weight excluding hydrogens is 322 g/mol. The predicted molar refractivity (Wildman–Crippen MR) is 96.7 cm³/mol. The molecule has 0 aliphatic heterocycles. The van der Waals surface area contributed by atoms with E-state index < -0.39 is 14.6 Å². The molecule has 124 valence electrons. The van der Waals surface area contributed by atoms with Crippen molar-refractivity contribution in [2.75, 3.05) is 6.26 Å². The van der Waals surface area contributed by atoms with E-state index in [0.717, 1.165) is 22.0 Å². The Morgan fingerprint density at radius 3 is 2.46 bits per heavy atom. The van der Waals surface area contributed by atoms with Crippen LogP contribution in [-0.2, 0) is 14.6 Å². The zero-order valence-electron chi connectivity index (χ0n) is 13.8. The maximum absolute atomic E-state index is 12.2. The van der Waals surface area contributed by atoms with Crippen LogP contribution in [-0.4, -0.2) is 24.8 Å². The van der Waals surface area contributed by atoms with Crippen molar-refractivity contribution in [1.82, 2.24) is 4.98 Å². The summed E-state index contributed by atoms with van der Waals surface area (Å²) in [7, 11) is -3.30. The molecule has 5 heteroatoms. The summed E-state index contributed by atoms with van der Waals surface area (Å²) in [5.74, 6) is 0.157. The topological polar surface area (TPSA) is 67.3 Å². The zero-order chi connectivity index (χ0) is 17.5. The Bertz CT molecular complexity index is 1020. The van der Waals surface area contributed by atoms with Crippen molar-refractivity contribution in [2.45, 2.75) is 18.6 Å². The smallest absolute Gasteiger partial charge is 0.156 e. The molecule has 3 aromatic rings. The molecule has 0 atom stereocenters. The van der Waals surface area contributed by atoms with Crippen LogP contribution < -0.4 is 0 Å². The highest BCUT2D eigenvalue weighted by molar-refractivity contribution is 7.91. The number of hydrogen-bond acceptors (Lipinski definition) is 4. The minimum atomic E-state index is -3.30. The maximum Gasteiger partial charge on any atom is 0.156 e. The largest absolute Gasteiger partial charge is 0.508 e. The van der Waals surface area contributed by atoms with E-state index >= 15 is 0 Å².